The molecule has 2 rings (SSSR count). The molecule has 3 nitrogen and oxygen atoms in total. The molecule has 0 radical (unpaired) electrons. The number of fused-ring (bicyclic) bond motifs is 1. The molecule has 0 aliphatic heterocycles. The molecule has 1 aromatic heterocycles. The fourth-order valence-electron chi connectivity index (χ4n) is 1.69. The van der Waals surface area contributed by atoms with Crippen LogP contribution in [0.1, 0.15) is 16.1 Å². The summed E-state index contributed by atoms with van der Waals surface area (Å²) in [6.07, 6.45) is 0. The van der Waals surface area contributed by atoms with E-state index in [-0.39, 0.29) is 5.69 Å². The predicted octanol–water partition coefficient (Wildman–Crippen LogP) is 2.84. The molecule has 0 aliphatic rings. The van der Waals surface area contributed by atoms with Crippen molar-refractivity contribution in [1.82, 2.24) is 4.57 Å². The fraction of sp³-hybridized carbons (Fsp3) is 0.182. The van der Waals surface area contributed by atoms with Crippen molar-refractivity contribution in [2.45, 2.75) is 6.92 Å². The van der Waals surface area contributed by atoms with Gasteiger partial charge in [0.2, 0.25) is 0 Å². The molecule has 0 unspecified atom stereocenters. The summed E-state index contributed by atoms with van der Waals surface area (Å²) in [5.41, 5.74) is 2.03. The second-order valence-corrected chi connectivity index (χ2v) is 3.90. The van der Waals surface area contributed by atoms with E-state index in [4.69, 9.17) is 16.7 Å². The standard InChI is InChI=1S/C11H10ClNO2/c1-6-3-4-8-7(10(6)12)5-9(11(14)15)13(8)2/h3-5H,1-2H3,(H,14,15). The van der Waals surface area contributed by atoms with E-state index >= 15 is 0 Å². The molecule has 15 heavy (non-hydrogen) atoms. The van der Waals surface area contributed by atoms with Gasteiger partial charge in [-0.15, -0.1) is 0 Å². The van der Waals surface area contributed by atoms with Crippen LogP contribution in [0, 0.1) is 6.92 Å². The van der Waals surface area contributed by atoms with E-state index in [1.54, 1.807) is 17.7 Å². The minimum Gasteiger partial charge on any atom is -0.477 e. The third-order valence-corrected chi connectivity index (χ3v) is 3.07. The summed E-state index contributed by atoms with van der Waals surface area (Å²) < 4.78 is 1.63. The van der Waals surface area contributed by atoms with E-state index in [0.717, 1.165) is 16.5 Å². The van der Waals surface area contributed by atoms with Gasteiger partial charge in [0, 0.05) is 18.0 Å². The number of carboxylic acids is 1. The molecule has 1 heterocycles. The molecule has 1 aromatic carbocycles. The quantitative estimate of drug-likeness (QED) is 0.808. The highest BCUT2D eigenvalue weighted by Gasteiger charge is 2.14. The van der Waals surface area contributed by atoms with Crippen molar-refractivity contribution < 1.29 is 9.90 Å². The lowest BCUT2D eigenvalue weighted by atomic mass is 10.2. The summed E-state index contributed by atoms with van der Waals surface area (Å²) in [6.45, 7) is 1.90. The van der Waals surface area contributed by atoms with Crippen molar-refractivity contribution in [1.29, 1.82) is 0 Å². The van der Waals surface area contributed by atoms with Crippen molar-refractivity contribution in [3.8, 4) is 0 Å². The van der Waals surface area contributed by atoms with Gasteiger partial charge in [0.15, 0.2) is 0 Å². The van der Waals surface area contributed by atoms with Crippen molar-refractivity contribution in [2.24, 2.45) is 7.05 Å². The van der Waals surface area contributed by atoms with Crippen LogP contribution in [0.15, 0.2) is 18.2 Å². The Bertz CT molecular complexity index is 557. The molecular weight excluding hydrogens is 214 g/mol. The Morgan fingerprint density at radius 1 is 1.47 bits per heavy atom. The average Bonchev–Trinajstić information content (AvgIpc) is 2.51. The van der Waals surface area contributed by atoms with Crippen molar-refractivity contribution >= 4 is 28.5 Å². The van der Waals surface area contributed by atoms with Gasteiger partial charge < -0.3 is 9.67 Å². The van der Waals surface area contributed by atoms with Gasteiger partial charge in [-0.1, -0.05) is 17.7 Å². The first-order valence-corrected chi connectivity index (χ1v) is 4.88. The third kappa shape index (κ3) is 1.39. The molecule has 0 saturated carbocycles. The van der Waals surface area contributed by atoms with Gasteiger partial charge in [-0.25, -0.2) is 4.79 Å². The minimum absolute atomic E-state index is 0.248. The minimum atomic E-state index is -0.942. The summed E-state index contributed by atoms with van der Waals surface area (Å²) in [6, 6.07) is 5.37. The Balaban J connectivity index is 2.88. The van der Waals surface area contributed by atoms with Crippen LogP contribution in [-0.2, 0) is 7.05 Å². The number of aromatic carboxylic acids is 1. The number of hydrogen-bond donors (Lipinski definition) is 1. The lowest BCUT2D eigenvalue weighted by molar-refractivity contribution is 0.0687. The van der Waals surface area contributed by atoms with Crippen LogP contribution in [0.2, 0.25) is 5.02 Å². The molecule has 4 heteroatoms. The zero-order chi connectivity index (χ0) is 11.2. The Labute approximate surface area is 91.9 Å². The summed E-state index contributed by atoms with van der Waals surface area (Å²) in [5, 5.41) is 10.4. The zero-order valence-corrected chi connectivity index (χ0v) is 9.17. The Morgan fingerprint density at radius 2 is 2.13 bits per heavy atom. The molecule has 2 aromatic rings. The maximum absolute atomic E-state index is 10.9. The SMILES string of the molecule is Cc1ccc2c(cc(C(=O)O)n2C)c1Cl. The van der Waals surface area contributed by atoms with Crippen LogP contribution in [0.4, 0.5) is 0 Å². The topological polar surface area (TPSA) is 42.2 Å². The van der Waals surface area contributed by atoms with Crippen LogP contribution >= 0.6 is 11.6 Å². The number of halogens is 1. The maximum atomic E-state index is 10.9. The Morgan fingerprint density at radius 3 is 2.73 bits per heavy atom. The number of carbonyl (C=O) groups is 1. The number of aryl methyl sites for hydroxylation is 2. The highest BCUT2D eigenvalue weighted by Crippen LogP contribution is 2.29. The van der Waals surface area contributed by atoms with Gasteiger partial charge in [0.05, 0.1) is 5.02 Å². The molecule has 0 saturated heterocycles. The first kappa shape index (κ1) is 10.1. The van der Waals surface area contributed by atoms with Gasteiger partial charge in [-0.2, -0.15) is 0 Å². The van der Waals surface area contributed by atoms with E-state index in [2.05, 4.69) is 0 Å². The molecule has 0 spiro atoms. The van der Waals surface area contributed by atoms with Crippen LogP contribution in [0.3, 0.4) is 0 Å². The predicted molar refractivity (Wildman–Crippen MR) is 59.6 cm³/mol. The number of rotatable bonds is 1. The van der Waals surface area contributed by atoms with E-state index in [0.29, 0.717) is 5.02 Å². The first-order valence-electron chi connectivity index (χ1n) is 4.50. The van der Waals surface area contributed by atoms with Crippen molar-refractivity contribution in [2.75, 3.05) is 0 Å². The van der Waals surface area contributed by atoms with Gasteiger partial charge in [-0.05, 0) is 24.6 Å². The van der Waals surface area contributed by atoms with E-state index in [9.17, 15) is 4.79 Å². The lowest BCUT2D eigenvalue weighted by Crippen LogP contribution is -2.03. The normalized spacial score (nSPS) is 10.9. The summed E-state index contributed by atoms with van der Waals surface area (Å²) in [5.74, 6) is -0.942. The fourth-order valence-corrected chi connectivity index (χ4v) is 1.90. The van der Waals surface area contributed by atoms with Gasteiger partial charge in [0.1, 0.15) is 5.69 Å². The molecule has 0 aliphatic carbocycles. The Kier molecular flexibility index (Phi) is 2.20. The molecule has 1 N–H and O–H groups in total. The van der Waals surface area contributed by atoms with Crippen LogP contribution < -0.4 is 0 Å². The maximum Gasteiger partial charge on any atom is 0.352 e. The van der Waals surface area contributed by atoms with Gasteiger partial charge in [0.25, 0.3) is 0 Å². The highest BCUT2D eigenvalue weighted by molar-refractivity contribution is 6.36. The van der Waals surface area contributed by atoms with Crippen LogP contribution in [0.25, 0.3) is 10.9 Å². The second kappa shape index (κ2) is 3.28. The number of carboxylic acid groups (broad SMARTS) is 1. The lowest BCUT2D eigenvalue weighted by Gasteiger charge is -2.01. The molecule has 0 bridgehead atoms. The highest BCUT2D eigenvalue weighted by atomic mass is 35.5. The van der Waals surface area contributed by atoms with Gasteiger partial charge in [-0.3, -0.25) is 0 Å². The number of nitrogens with zero attached hydrogens (tertiary/aromatic N) is 1. The van der Waals surface area contributed by atoms with E-state index in [1.807, 2.05) is 19.1 Å². The smallest absolute Gasteiger partial charge is 0.352 e. The molecule has 78 valence electrons. The zero-order valence-electron chi connectivity index (χ0n) is 8.41. The van der Waals surface area contributed by atoms with Crippen molar-refractivity contribution in [3.63, 3.8) is 0 Å². The third-order valence-electron chi connectivity index (χ3n) is 2.57. The Hall–Kier alpha value is -1.48. The molecule has 0 atom stereocenters. The molecular formula is C11H10ClNO2. The summed E-state index contributed by atoms with van der Waals surface area (Å²) in [7, 11) is 1.72. The van der Waals surface area contributed by atoms with Crippen LogP contribution in [-0.4, -0.2) is 15.6 Å². The number of aromatic nitrogens is 1. The second-order valence-electron chi connectivity index (χ2n) is 3.52. The average molecular weight is 224 g/mol. The van der Waals surface area contributed by atoms with Crippen LogP contribution in [0.5, 0.6) is 0 Å². The first-order chi connectivity index (χ1) is 7.02. The van der Waals surface area contributed by atoms with Crippen molar-refractivity contribution in [3.05, 3.63) is 34.5 Å². The molecule has 0 amide bonds. The van der Waals surface area contributed by atoms with E-state index < -0.39 is 5.97 Å². The number of benzene rings is 1. The monoisotopic (exact) mass is 223 g/mol. The summed E-state index contributed by atoms with van der Waals surface area (Å²) in [4.78, 5) is 10.9. The summed E-state index contributed by atoms with van der Waals surface area (Å²) >= 11 is 6.11. The molecule has 0 fully saturated rings. The largest absolute Gasteiger partial charge is 0.477 e. The van der Waals surface area contributed by atoms with E-state index in [1.165, 1.54) is 0 Å². The number of hydrogen-bond acceptors (Lipinski definition) is 1. The van der Waals surface area contributed by atoms with Gasteiger partial charge >= 0.3 is 5.97 Å².